The molecule has 0 spiro atoms. The first kappa shape index (κ1) is 19.4. The quantitative estimate of drug-likeness (QED) is 0.871. The lowest BCUT2D eigenvalue weighted by Gasteiger charge is -2.29. The molecule has 1 saturated heterocycles. The predicted molar refractivity (Wildman–Crippen MR) is 109 cm³/mol. The zero-order valence-electron chi connectivity index (χ0n) is 16.0. The first-order chi connectivity index (χ1) is 12.9. The molecule has 0 saturated carbocycles. The van der Waals surface area contributed by atoms with Crippen molar-refractivity contribution in [3.63, 3.8) is 0 Å². The number of hydrogen-bond donors (Lipinski definition) is 1. The smallest absolute Gasteiger partial charge is 0.288 e. The molecule has 1 aromatic carbocycles. The van der Waals surface area contributed by atoms with Gasteiger partial charge >= 0.3 is 0 Å². The van der Waals surface area contributed by atoms with E-state index in [0.29, 0.717) is 5.69 Å². The summed E-state index contributed by atoms with van der Waals surface area (Å²) in [6.45, 7) is 7.48. The normalized spacial score (nSPS) is 14.3. The van der Waals surface area contributed by atoms with Gasteiger partial charge in [-0.05, 0) is 51.2 Å². The van der Waals surface area contributed by atoms with Crippen LogP contribution in [0.2, 0.25) is 5.02 Å². The van der Waals surface area contributed by atoms with Crippen LogP contribution in [0.1, 0.15) is 36.0 Å². The number of amides is 1. The molecule has 1 N–H and O–H groups in total. The van der Waals surface area contributed by atoms with E-state index in [2.05, 4.69) is 15.3 Å². The summed E-state index contributed by atoms with van der Waals surface area (Å²) in [7, 11) is 0. The monoisotopic (exact) mass is 388 g/mol. The summed E-state index contributed by atoms with van der Waals surface area (Å²) < 4.78 is 1.12. The van der Waals surface area contributed by atoms with Crippen LogP contribution in [-0.2, 0) is 11.3 Å². The Kier molecular flexibility index (Phi) is 5.85. The third-order valence-corrected chi connectivity index (χ3v) is 5.25. The summed E-state index contributed by atoms with van der Waals surface area (Å²) in [6.07, 6.45) is 4.94. The molecule has 27 heavy (non-hydrogen) atoms. The van der Waals surface area contributed by atoms with Crippen molar-refractivity contribution >= 4 is 28.9 Å². The van der Waals surface area contributed by atoms with Gasteiger partial charge in [-0.3, -0.25) is 9.59 Å². The fraction of sp³-hybridized carbons (Fsp3) is 0.450. The Hall–Kier alpha value is -2.34. The minimum absolute atomic E-state index is 0.127. The molecule has 1 aliphatic heterocycles. The average molecular weight is 389 g/mol. The zero-order chi connectivity index (χ0) is 19.6. The maximum atomic E-state index is 12.6. The average Bonchev–Trinajstić information content (AvgIpc) is 2.63. The molecular formula is C20H25ClN4O2. The lowest BCUT2D eigenvalue weighted by molar-refractivity contribution is -0.117. The summed E-state index contributed by atoms with van der Waals surface area (Å²) in [5.41, 5.74) is 4.10. The van der Waals surface area contributed by atoms with Crippen molar-refractivity contribution in [1.29, 1.82) is 0 Å². The fourth-order valence-corrected chi connectivity index (χ4v) is 3.88. The summed E-state index contributed by atoms with van der Waals surface area (Å²) in [5, 5.41) is 7.19. The van der Waals surface area contributed by atoms with Crippen molar-refractivity contribution in [2.24, 2.45) is 0 Å². The number of piperidine rings is 1. The molecule has 1 aliphatic rings. The van der Waals surface area contributed by atoms with Crippen molar-refractivity contribution in [3.05, 3.63) is 50.4 Å². The van der Waals surface area contributed by atoms with Crippen molar-refractivity contribution in [1.82, 2.24) is 9.78 Å². The lowest BCUT2D eigenvalue weighted by atomic mass is 10.1. The zero-order valence-corrected chi connectivity index (χ0v) is 16.8. The van der Waals surface area contributed by atoms with Gasteiger partial charge in [0, 0.05) is 18.8 Å². The standard InChI is InChI=1S/C20H25ClN4O2/c1-13-9-14(2)19(15(3)10-13)23-17(26)12-25-20(27)18(21)16(11-22-25)24-7-5-4-6-8-24/h9-11H,4-8,12H2,1-3H3,(H,23,26). The third kappa shape index (κ3) is 4.33. The molecule has 7 heteroatoms. The van der Waals surface area contributed by atoms with Crippen LogP contribution in [0.3, 0.4) is 0 Å². The summed E-state index contributed by atoms with van der Waals surface area (Å²) >= 11 is 6.30. The number of halogens is 1. The number of aromatic nitrogens is 2. The first-order valence-electron chi connectivity index (χ1n) is 9.25. The Morgan fingerprint density at radius 2 is 1.78 bits per heavy atom. The van der Waals surface area contributed by atoms with Gasteiger partial charge in [0.25, 0.3) is 5.56 Å². The minimum atomic E-state index is -0.438. The highest BCUT2D eigenvalue weighted by Gasteiger charge is 2.19. The number of carbonyl (C=O) groups excluding carboxylic acids is 1. The van der Waals surface area contributed by atoms with E-state index in [1.807, 2.05) is 32.9 Å². The second-order valence-corrected chi connectivity index (χ2v) is 7.55. The molecule has 1 fully saturated rings. The van der Waals surface area contributed by atoms with E-state index in [0.717, 1.165) is 53.0 Å². The summed E-state index contributed by atoms with van der Waals surface area (Å²) in [4.78, 5) is 27.1. The Morgan fingerprint density at radius 1 is 1.15 bits per heavy atom. The van der Waals surface area contributed by atoms with Gasteiger partial charge in [0.05, 0.1) is 11.9 Å². The van der Waals surface area contributed by atoms with Gasteiger partial charge < -0.3 is 10.2 Å². The molecule has 0 unspecified atom stereocenters. The van der Waals surface area contributed by atoms with Crippen LogP contribution in [0.25, 0.3) is 0 Å². The molecule has 1 amide bonds. The van der Waals surface area contributed by atoms with E-state index >= 15 is 0 Å². The fourth-order valence-electron chi connectivity index (χ4n) is 3.62. The number of hydrogen-bond acceptors (Lipinski definition) is 4. The van der Waals surface area contributed by atoms with E-state index in [4.69, 9.17) is 11.6 Å². The van der Waals surface area contributed by atoms with Crippen LogP contribution >= 0.6 is 11.6 Å². The Morgan fingerprint density at radius 3 is 2.41 bits per heavy atom. The van der Waals surface area contributed by atoms with Crippen LogP contribution in [0.4, 0.5) is 11.4 Å². The molecular weight excluding hydrogens is 364 g/mol. The molecule has 0 aliphatic carbocycles. The molecule has 0 atom stereocenters. The predicted octanol–water partition coefficient (Wildman–Crippen LogP) is 3.45. The van der Waals surface area contributed by atoms with E-state index in [1.165, 1.54) is 6.42 Å². The van der Waals surface area contributed by atoms with Crippen LogP contribution in [0, 0.1) is 20.8 Å². The van der Waals surface area contributed by atoms with E-state index in [-0.39, 0.29) is 17.5 Å². The topological polar surface area (TPSA) is 67.2 Å². The number of carbonyl (C=O) groups is 1. The SMILES string of the molecule is Cc1cc(C)c(NC(=O)Cn2ncc(N3CCCCC3)c(Cl)c2=O)c(C)c1. The van der Waals surface area contributed by atoms with Gasteiger partial charge in [-0.15, -0.1) is 0 Å². The van der Waals surface area contributed by atoms with Crippen LogP contribution in [0.15, 0.2) is 23.1 Å². The Labute approximate surface area is 164 Å². The number of aryl methyl sites for hydroxylation is 3. The molecule has 1 aromatic heterocycles. The first-order valence-corrected chi connectivity index (χ1v) is 9.63. The molecule has 2 heterocycles. The van der Waals surface area contributed by atoms with E-state index in [1.54, 1.807) is 6.20 Å². The largest absolute Gasteiger partial charge is 0.369 e. The molecule has 0 bridgehead atoms. The van der Waals surface area contributed by atoms with E-state index in [9.17, 15) is 9.59 Å². The number of nitrogens with zero attached hydrogens (tertiary/aromatic N) is 3. The van der Waals surface area contributed by atoms with Gasteiger partial charge in [-0.1, -0.05) is 29.3 Å². The van der Waals surface area contributed by atoms with Crippen molar-refractivity contribution in [3.8, 4) is 0 Å². The number of rotatable bonds is 4. The highest BCUT2D eigenvalue weighted by atomic mass is 35.5. The second kappa shape index (κ2) is 8.13. The van der Waals surface area contributed by atoms with Gasteiger partial charge in [-0.25, -0.2) is 4.68 Å². The molecule has 2 aromatic rings. The number of benzene rings is 1. The number of anilines is 2. The number of nitrogens with one attached hydrogen (secondary N) is 1. The molecule has 3 rings (SSSR count). The molecule has 6 nitrogen and oxygen atoms in total. The third-order valence-electron chi connectivity index (χ3n) is 4.90. The summed E-state index contributed by atoms with van der Waals surface area (Å²) in [5.74, 6) is -0.304. The second-order valence-electron chi connectivity index (χ2n) is 7.18. The molecule has 144 valence electrons. The highest BCUT2D eigenvalue weighted by molar-refractivity contribution is 6.33. The van der Waals surface area contributed by atoms with Crippen molar-refractivity contribution in [2.75, 3.05) is 23.3 Å². The lowest BCUT2D eigenvalue weighted by Crippen LogP contribution is -2.34. The van der Waals surface area contributed by atoms with Gasteiger partial charge in [0.2, 0.25) is 5.91 Å². The highest BCUT2D eigenvalue weighted by Crippen LogP contribution is 2.25. The van der Waals surface area contributed by atoms with E-state index < -0.39 is 5.56 Å². The van der Waals surface area contributed by atoms with Crippen molar-refractivity contribution < 1.29 is 4.79 Å². The Balaban J connectivity index is 1.77. The minimum Gasteiger partial charge on any atom is -0.369 e. The molecule has 0 radical (unpaired) electrons. The van der Waals surface area contributed by atoms with Crippen LogP contribution in [0.5, 0.6) is 0 Å². The van der Waals surface area contributed by atoms with Gasteiger partial charge in [0.1, 0.15) is 11.6 Å². The van der Waals surface area contributed by atoms with Crippen LogP contribution in [-0.4, -0.2) is 28.8 Å². The summed E-state index contributed by atoms with van der Waals surface area (Å²) in [6, 6.07) is 4.02. The van der Waals surface area contributed by atoms with Gasteiger partial charge in [-0.2, -0.15) is 5.10 Å². The maximum absolute atomic E-state index is 12.6. The van der Waals surface area contributed by atoms with Gasteiger partial charge in [0.15, 0.2) is 0 Å². The Bertz CT molecular complexity index is 894. The van der Waals surface area contributed by atoms with Crippen molar-refractivity contribution in [2.45, 2.75) is 46.6 Å². The maximum Gasteiger partial charge on any atom is 0.288 e. The van der Waals surface area contributed by atoms with Crippen LogP contribution < -0.4 is 15.8 Å².